The van der Waals surface area contributed by atoms with E-state index in [1.165, 1.54) is 11.8 Å². The van der Waals surface area contributed by atoms with Crippen molar-refractivity contribution in [2.75, 3.05) is 11.1 Å². The minimum absolute atomic E-state index is 0.123. The third-order valence-electron chi connectivity index (χ3n) is 2.72. The van der Waals surface area contributed by atoms with Crippen LogP contribution in [0.5, 0.6) is 0 Å². The second kappa shape index (κ2) is 7.07. The van der Waals surface area contributed by atoms with Crippen LogP contribution in [-0.4, -0.2) is 11.2 Å². The molecule has 21 heavy (non-hydrogen) atoms. The predicted octanol–water partition coefficient (Wildman–Crippen LogP) is 4.69. The van der Waals surface area contributed by atoms with Gasteiger partial charge in [-0.1, -0.05) is 29.3 Å². The van der Waals surface area contributed by atoms with Crippen LogP contribution in [0, 0.1) is 0 Å². The van der Waals surface area contributed by atoms with Crippen LogP contribution >= 0.6 is 35.0 Å². The van der Waals surface area contributed by atoms with Crippen molar-refractivity contribution >= 4 is 52.2 Å². The molecule has 0 spiro atoms. The molecule has 2 aromatic rings. The van der Waals surface area contributed by atoms with Gasteiger partial charge in [0.1, 0.15) is 0 Å². The summed E-state index contributed by atoms with van der Waals surface area (Å²) in [5.41, 5.74) is 6.96. The first-order valence-corrected chi connectivity index (χ1v) is 7.87. The smallest absolute Gasteiger partial charge is 0.237 e. The summed E-state index contributed by atoms with van der Waals surface area (Å²) in [6, 6.07) is 12.2. The Morgan fingerprint density at radius 3 is 2.71 bits per heavy atom. The van der Waals surface area contributed by atoms with Crippen molar-refractivity contribution in [2.45, 2.75) is 17.1 Å². The maximum absolute atomic E-state index is 12.2. The van der Waals surface area contributed by atoms with E-state index in [9.17, 15) is 4.79 Å². The average Bonchev–Trinajstić information content (AvgIpc) is 2.43. The number of carbonyl (C=O) groups is 1. The molecule has 0 saturated heterocycles. The van der Waals surface area contributed by atoms with Crippen molar-refractivity contribution in [3.8, 4) is 0 Å². The molecule has 0 aromatic heterocycles. The van der Waals surface area contributed by atoms with Crippen molar-refractivity contribution in [3.05, 3.63) is 52.5 Å². The lowest BCUT2D eigenvalue weighted by Gasteiger charge is -2.13. The molecule has 2 rings (SSSR count). The van der Waals surface area contributed by atoms with E-state index in [0.29, 0.717) is 21.4 Å². The molecule has 0 radical (unpaired) electrons. The van der Waals surface area contributed by atoms with Crippen LogP contribution in [0.25, 0.3) is 0 Å². The lowest BCUT2D eigenvalue weighted by Crippen LogP contribution is -2.22. The molecule has 0 bridgehead atoms. The highest BCUT2D eigenvalue weighted by atomic mass is 35.5. The summed E-state index contributed by atoms with van der Waals surface area (Å²) < 4.78 is 0. The van der Waals surface area contributed by atoms with E-state index < -0.39 is 0 Å². The van der Waals surface area contributed by atoms with Crippen molar-refractivity contribution in [1.29, 1.82) is 0 Å². The zero-order valence-electron chi connectivity index (χ0n) is 11.3. The molecule has 0 aliphatic heterocycles. The molecule has 3 N–H and O–H groups in total. The van der Waals surface area contributed by atoms with E-state index in [-0.39, 0.29) is 11.2 Å². The predicted molar refractivity (Wildman–Crippen MR) is 91.3 cm³/mol. The van der Waals surface area contributed by atoms with Gasteiger partial charge in [-0.05, 0) is 43.3 Å². The number of rotatable bonds is 4. The first kappa shape index (κ1) is 16.0. The molecule has 6 heteroatoms. The first-order valence-electron chi connectivity index (χ1n) is 6.24. The van der Waals surface area contributed by atoms with Gasteiger partial charge in [-0.15, -0.1) is 11.8 Å². The average molecular weight is 341 g/mol. The van der Waals surface area contributed by atoms with E-state index in [1.807, 2.05) is 6.92 Å². The van der Waals surface area contributed by atoms with Gasteiger partial charge >= 0.3 is 0 Å². The van der Waals surface area contributed by atoms with E-state index in [2.05, 4.69) is 5.32 Å². The highest BCUT2D eigenvalue weighted by Crippen LogP contribution is 2.33. The summed E-state index contributed by atoms with van der Waals surface area (Å²) >= 11 is 13.4. The number of anilines is 2. The minimum Gasteiger partial charge on any atom is -0.399 e. The Bertz CT molecular complexity index is 664. The van der Waals surface area contributed by atoms with Gasteiger partial charge in [0.15, 0.2) is 0 Å². The first-order chi connectivity index (χ1) is 9.95. The molecule has 2 aromatic carbocycles. The summed E-state index contributed by atoms with van der Waals surface area (Å²) in [6.45, 7) is 1.81. The van der Waals surface area contributed by atoms with Crippen LogP contribution in [0.1, 0.15) is 6.92 Å². The number of nitrogens with one attached hydrogen (secondary N) is 1. The minimum atomic E-state index is -0.317. The fourth-order valence-electron chi connectivity index (χ4n) is 1.67. The van der Waals surface area contributed by atoms with Gasteiger partial charge in [-0.3, -0.25) is 4.79 Å². The molecule has 0 aliphatic rings. The summed E-state index contributed by atoms with van der Waals surface area (Å²) in [7, 11) is 0. The molecule has 0 aliphatic carbocycles. The number of halogens is 2. The summed E-state index contributed by atoms with van der Waals surface area (Å²) in [5, 5.41) is 3.67. The topological polar surface area (TPSA) is 55.1 Å². The second-order valence-electron chi connectivity index (χ2n) is 4.45. The fourth-order valence-corrected chi connectivity index (χ4v) is 3.08. The number of hydrogen-bond acceptors (Lipinski definition) is 3. The molecule has 0 fully saturated rings. The van der Waals surface area contributed by atoms with E-state index in [0.717, 1.165) is 4.90 Å². The van der Waals surface area contributed by atoms with Gasteiger partial charge < -0.3 is 11.1 Å². The number of nitrogen functional groups attached to an aromatic ring is 1. The number of carbonyl (C=O) groups excluding carboxylic acids is 1. The van der Waals surface area contributed by atoms with Crippen LogP contribution in [-0.2, 0) is 4.79 Å². The molecule has 0 saturated carbocycles. The van der Waals surface area contributed by atoms with Gasteiger partial charge in [-0.2, -0.15) is 0 Å². The van der Waals surface area contributed by atoms with Crippen molar-refractivity contribution in [3.63, 3.8) is 0 Å². The molecule has 0 heterocycles. The van der Waals surface area contributed by atoms with Gasteiger partial charge in [0, 0.05) is 21.3 Å². The molecule has 110 valence electrons. The third kappa shape index (κ3) is 4.56. The van der Waals surface area contributed by atoms with Gasteiger partial charge in [0.05, 0.1) is 10.3 Å². The molecular weight excluding hydrogens is 327 g/mol. The summed E-state index contributed by atoms with van der Waals surface area (Å²) in [6.07, 6.45) is 0. The van der Waals surface area contributed by atoms with Crippen LogP contribution in [0.15, 0.2) is 47.4 Å². The van der Waals surface area contributed by atoms with Crippen LogP contribution < -0.4 is 11.1 Å². The molecule has 1 amide bonds. The third-order valence-corrected chi connectivity index (χ3v) is 4.56. The Morgan fingerprint density at radius 2 is 2.00 bits per heavy atom. The van der Waals surface area contributed by atoms with Gasteiger partial charge in [-0.25, -0.2) is 0 Å². The van der Waals surface area contributed by atoms with Crippen LogP contribution in [0.2, 0.25) is 10.0 Å². The van der Waals surface area contributed by atoms with Crippen molar-refractivity contribution < 1.29 is 4.79 Å². The zero-order valence-corrected chi connectivity index (χ0v) is 13.6. The molecule has 1 unspecified atom stereocenters. The Morgan fingerprint density at radius 1 is 1.24 bits per heavy atom. The van der Waals surface area contributed by atoms with Crippen molar-refractivity contribution in [1.82, 2.24) is 0 Å². The lowest BCUT2D eigenvalue weighted by atomic mass is 10.3. The molecular formula is C15H14Cl2N2OS. The molecule has 1 atom stereocenters. The van der Waals surface area contributed by atoms with E-state index in [4.69, 9.17) is 28.9 Å². The zero-order chi connectivity index (χ0) is 15.4. The maximum atomic E-state index is 12.2. The molecule has 3 nitrogen and oxygen atoms in total. The lowest BCUT2D eigenvalue weighted by molar-refractivity contribution is -0.115. The second-order valence-corrected chi connectivity index (χ2v) is 6.68. The van der Waals surface area contributed by atoms with E-state index >= 15 is 0 Å². The Hall–Kier alpha value is -1.36. The van der Waals surface area contributed by atoms with Gasteiger partial charge in [0.2, 0.25) is 5.91 Å². The SMILES string of the molecule is CC(Sc1cc(Cl)ccc1Cl)C(=O)Nc1cccc(N)c1. The highest BCUT2D eigenvalue weighted by Gasteiger charge is 2.16. The number of amides is 1. The van der Waals surface area contributed by atoms with Crippen molar-refractivity contribution in [2.24, 2.45) is 0 Å². The highest BCUT2D eigenvalue weighted by molar-refractivity contribution is 8.00. The van der Waals surface area contributed by atoms with Crippen LogP contribution in [0.3, 0.4) is 0 Å². The summed E-state index contributed by atoms with van der Waals surface area (Å²) in [5.74, 6) is -0.123. The number of thioether (sulfide) groups is 1. The largest absolute Gasteiger partial charge is 0.399 e. The number of benzene rings is 2. The quantitative estimate of drug-likeness (QED) is 0.626. The summed E-state index contributed by atoms with van der Waals surface area (Å²) in [4.78, 5) is 13.0. The Labute approximate surface area is 137 Å². The number of hydrogen-bond donors (Lipinski definition) is 2. The van der Waals surface area contributed by atoms with Gasteiger partial charge in [0.25, 0.3) is 0 Å². The Kier molecular flexibility index (Phi) is 5.39. The Balaban J connectivity index is 2.04. The fraction of sp³-hybridized carbons (Fsp3) is 0.133. The number of nitrogens with two attached hydrogens (primary N) is 1. The van der Waals surface area contributed by atoms with E-state index in [1.54, 1.807) is 42.5 Å². The standard InChI is InChI=1S/C15H14Cl2N2OS/c1-9(21-14-7-10(16)5-6-13(14)17)15(20)19-12-4-2-3-11(18)8-12/h2-9H,18H2,1H3,(H,19,20). The van der Waals surface area contributed by atoms with Crippen LogP contribution in [0.4, 0.5) is 11.4 Å². The maximum Gasteiger partial charge on any atom is 0.237 e. The normalized spacial score (nSPS) is 12.0. The monoisotopic (exact) mass is 340 g/mol.